The summed E-state index contributed by atoms with van der Waals surface area (Å²) in [7, 11) is 0. The second kappa shape index (κ2) is 14.6. The quantitative estimate of drug-likeness (QED) is 0.164. The van der Waals surface area contributed by atoms with Gasteiger partial charge in [-0.25, -0.2) is 0 Å². The van der Waals surface area contributed by atoms with Crippen LogP contribution in [0.15, 0.2) is 164 Å². The van der Waals surface area contributed by atoms with Crippen LogP contribution in [0.4, 0.5) is 34.1 Å². The molecule has 4 heterocycles. The van der Waals surface area contributed by atoms with E-state index in [0.29, 0.717) is 0 Å². The fourth-order valence-electron chi connectivity index (χ4n) is 12.3. The van der Waals surface area contributed by atoms with Gasteiger partial charge in [0.2, 0.25) is 0 Å². The summed E-state index contributed by atoms with van der Waals surface area (Å²) in [5.41, 5.74) is 23.0. The molecule has 0 N–H and O–H groups in total. The van der Waals surface area contributed by atoms with Crippen LogP contribution in [0, 0.1) is 0 Å². The van der Waals surface area contributed by atoms with Crippen molar-refractivity contribution in [2.24, 2.45) is 0 Å². The number of nitrogens with zero attached hydrogens (tertiary/aromatic N) is 3. The van der Waals surface area contributed by atoms with E-state index in [9.17, 15) is 0 Å². The van der Waals surface area contributed by atoms with Gasteiger partial charge in [0.25, 0.3) is 6.71 Å². The molecule has 3 aliphatic rings. The molecule has 5 heteroatoms. The highest BCUT2D eigenvalue weighted by molar-refractivity contribution is 7.33. The molecule has 0 bridgehead atoms. The molecule has 0 saturated carbocycles. The molecule has 70 heavy (non-hydrogen) atoms. The molecular weight excluding hydrogens is 866 g/mol. The largest absolute Gasteiger partial charge is 0.311 e. The highest BCUT2D eigenvalue weighted by Gasteiger charge is 2.48. The van der Waals surface area contributed by atoms with E-state index in [2.05, 4.69) is 254 Å². The Balaban J connectivity index is 1.23. The first-order chi connectivity index (χ1) is 33.4. The number of hydrogen-bond donors (Lipinski definition) is 0. The van der Waals surface area contributed by atoms with E-state index in [1.807, 2.05) is 11.3 Å². The van der Waals surface area contributed by atoms with Gasteiger partial charge >= 0.3 is 0 Å². The zero-order valence-electron chi connectivity index (χ0n) is 42.4. The summed E-state index contributed by atoms with van der Waals surface area (Å²) in [5, 5.41) is 3.85. The average molecular weight is 926 g/mol. The van der Waals surface area contributed by atoms with Crippen molar-refractivity contribution in [1.82, 2.24) is 4.57 Å². The first-order valence-electron chi connectivity index (χ1n) is 25.2. The lowest BCUT2D eigenvalue weighted by molar-refractivity contribution is 0.590. The van der Waals surface area contributed by atoms with Crippen molar-refractivity contribution in [2.75, 3.05) is 9.80 Å². The van der Waals surface area contributed by atoms with Crippen LogP contribution < -0.4 is 25.5 Å². The molecule has 2 aliphatic heterocycles. The van der Waals surface area contributed by atoms with Crippen LogP contribution in [0.1, 0.15) is 104 Å². The molecule has 0 atom stereocenters. The van der Waals surface area contributed by atoms with Gasteiger partial charge < -0.3 is 14.4 Å². The normalized spacial score (nSPS) is 14.8. The highest BCUT2D eigenvalue weighted by atomic mass is 32.1. The third-order valence-corrected chi connectivity index (χ3v) is 17.2. The minimum Gasteiger partial charge on any atom is -0.311 e. The van der Waals surface area contributed by atoms with Gasteiger partial charge in [-0.2, -0.15) is 0 Å². The summed E-state index contributed by atoms with van der Waals surface area (Å²) in [6.45, 7) is 25.8. The summed E-state index contributed by atoms with van der Waals surface area (Å²) >= 11 is 2.01. The summed E-state index contributed by atoms with van der Waals surface area (Å²) in [6, 6.07) is 63.3. The molecule has 2 aromatic heterocycles. The first-order valence-corrected chi connectivity index (χ1v) is 26.0. The average Bonchev–Trinajstić information content (AvgIpc) is 3.95. The molecule has 13 rings (SSSR count). The van der Waals surface area contributed by atoms with E-state index in [-0.39, 0.29) is 28.4 Å². The number of hydrogen-bond acceptors (Lipinski definition) is 3. The molecule has 8 aromatic carbocycles. The minimum absolute atomic E-state index is 0.0126. The third kappa shape index (κ3) is 6.13. The Morgan fingerprint density at radius 3 is 1.70 bits per heavy atom. The number of thiophene rings is 1. The second-order valence-electron chi connectivity index (χ2n) is 23.8. The Kier molecular flexibility index (Phi) is 9.03. The minimum atomic E-state index is -0.111. The number of fused-ring (bicyclic) bond motifs is 13. The standard InChI is InChI=1S/C65H60BN3S/c1-62(2,3)39-25-30-43(31-26-39)68-53-34-29-41(64(7,8)9)35-51(53)66-58-55(38-54-57(60(58)68)46-22-16-18-24-52(46)67(54)42-19-13-12-14-20-42)69(44-32-27-40(28-33-44)63(4,5)6)59-48-36-47-45-21-15-17-23-49(45)65(10,11)50(47)37-56(48)70-61(59)66/h12-38H,1-11H3. The molecule has 0 amide bonds. The SMILES string of the molecule is CC(C)(C)c1ccc(N2c3cc4c(c5c3B(c3cc(C(C)(C)C)ccc3N5c3ccc(C(C)(C)C)cc3)c3sc5cc6c(cc5c32)-c2ccccc2C6(C)C)c2ccccc2n4-c2ccccc2)cc1. The Hall–Kier alpha value is -6.82. The molecular formula is C65H60BN3S. The van der Waals surface area contributed by atoms with Gasteiger partial charge in [0.05, 0.1) is 22.4 Å². The monoisotopic (exact) mass is 925 g/mol. The highest BCUT2D eigenvalue weighted by Crippen LogP contribution is 2.55. The van der Waals surface area contributed by atoms with Gasteiger partial charge in [0.1, 0.15) is 0 Å². The van der Waals surface area contributed by atoms with Gasteiger partial charge in [-0.3, -0.25) is 0 Å². The van der Waals surface area contributed by atoms with Crippen molar-refractivity contribution < 1.29 is 0 Å². The Labute approximate surface area is 418 Å². The summed E-state index contributed by atoms with van der Waals surface area (Å²) < 4.78 is 5.26. The summed E-state index contributed by atoms with van der Waals surface area (Å²) in [6.07, 6.45) is 0. The molecule has 0 radical (unpaired) electrons. The lowest BCUT2D eigenvalue weighted by atomic mass is 9.36. The lowest BCUT2D eigenvalue weighted by Gasteiger charge is -2.44. The smallest absolute Gasteiger partial charge is 0.264 e. The van der Waals surface area contributed by atoms with Crippen LogP contribution in [-0.2, 0) is 21.7 Å². The molecule has 0 spiro atoms. The van der Waals surface area contributed by atoms with Crippen molar-refractivity contribution in [3.05, 3.63) is 192 Å². The van der Waals surface area contributed by atoms with Crippen molar-refractivity contribution in [3.63, 3.8) is 0 Å². The fraction of sp³-hybridized carbons (Fsp3) is 0.231. The summed E-state index contributed by atoms with van der Waals surface area (Å²) in [4.78, 5) is 5.31. The fourth-order valence-corrected chi connectivity index (χ4v) is 13.6. The molecule has 3 nitrogen and oxygen atoms in total. The van der Waals surface area contributed by atoms with Crippen molar-refractivity contribution >= 4 is 99.8 Å². The van der Waals surface area contributed by atoms with Crippen molar-refractivity contribution in [2.45, 2.75) is 97.8 Å². The third-order valence-electron chi connectivity index (χ3n) is 16.0. The molecule has 0 fully saturated rings. The molecule has 344 valence electrons. The Morgan fingerprint density at radius 1 is 0.457 bits per heavy atom. The van der Waals surface area contributed by atoms with Gasteiger partial charge in [0.15, 0.2) is 0 Å². The second-order valence-corrected chi connectivity index (χ2v) is 24.9. The number of para-hydroxylation sites is 2. The van der Waals surface area contributed by atoms with E-state index in [1.165, 1.54) is 121 Å². The predicted octanol–water partition coefficient (Wildman–Crippen LogP) is 16.3. The van der Waals surface area contributed by atoms with E-state index in [4.69, 9.17) is 0 Å². The molecule has 0 saturated heterocycles. The zero-order valence-corrected chi connectivity index (χ0v) is 43.2. The molecule has 1 aliphatic carbocycles. The van der Waals surface area contributed by atoms with E-state index >= 15 is 0 Å². The van der Waals surface area contributed by atoms with Crippen LogP contribution in [0.5, 0.6) is 0 Å². The van der Waals surface area contributed by atoms with Crippen LogP contribution in [-0.4, -0.2) is 11.3 Å². The van der Waals surface area contributed by atoms with E-state index in [0.717, 1.165) is 5.69 Å². The zero-order chi connectivity index (χ0) is 48.4. The maximum Gasteiger partial charge on any atom is 0.264 e. The van der Waals surface area contributed by atoms with Crippen LogP contribution in [0.3, 0.4) is 0 Å². The Bertz CT molecular complexity index is 3790. The number of aromatic nitrogens is 1. The number of benzene rings is 8. The van der Waals surface area contributed by atoms with Gasteiger partial charge in [-0.05, 0) is 133 Å². The Morgan fingerprint density at radius 2 is 1.04 bits per heavy atom. The van der Waals surface area contributed by atoms with Gasteiger partial charge in [0, 0.05) is 59.5 Å². The van der Waals surface area contributed by atoms with Gasteiger partial charge in [-0.1, -0.05) is 173 Å². The maximum atomic E-state index is 2.67. The maximum absolute atomic E-state index is 2.67. The van der Waals surface area contributed by atoms with Gasteiger partial charge in [-0.15, -0.1) is 11.3 Å². The summed E-state index contributed by atoms with van der Waals surface area (Å²) in [5.74, 6) is 0. The van der Waals surface area contributed by atoms with Crippen LogP contribution in [0.2, 0.25) is 0 Å². The lowest BCUT2D eigenvalue weighted by Crippen LogP contribution is -2.60. The van der Waals surface area contributed by atoms with Crippen molar-refractivity contribution in [3.8, 4) is 16.8 Å². The topological polar surface area (TPSA) is 11.4 Å². The van der Waals surface area contributed by atoms with E-state index < -0.39 is 0 Å². The number of anilines is 6. The van der Waals surface area contributed by atoms with Crippen molar-refractivity contribution in [1.29, 1.82) is 0 Å². The predicted molar refractivity (Wildman–Crippen MR) is 304 cm³/mol. The number of rotatable bonds is 3. The van der Waals surface area contributed by atoms with Crippen LogP contribution in [0.25, 0.3) is 48.7 Å². The molecule has 0 unspecified atom stereocenters. The first kappa shape index (κ1) is 43.2. The molecule has 10 aromatic rings. The van der Waals surface area contributed by atoms with E-state index in [1.54, 1.807) is 0 Å². The van der Waals surface area contributed by atoms with Crippen LogP contribution >= 0.6 is 11.3 Å².